The summed E-state index contributed by atoms with van der Waals surface area (Å²) in [6.45, 7) is 16.5. The summed E-state index contributed by atoms with van der Waals surface area (Å²) >= 11 is 0. The summed E-state index contributed by atoms with van der Waals surface area (Å²) in [5, 5.41) is 0. The van der Waals surface area contributed by atoms with Gasteiger partial charge >= 0.3 is 0 Å². The Bertz CT molecular complexity index is 142. The van der Waals surface area contributed by atoms with Crippen LogP contribution in [0, 0.1) is 23.2 Å². The van der Waals surface area contributed by atoms with Crippen LogP contribution in [0.3, 0.4) is 0 Å². The summed E-state index contributed by atoms with van der Waals surface area (Å²) < 4.78 is 0. The van der Waals surface area contributed by atoms with Crippen LogP contribution in [0.15, 0.2) is 0 Å². The highest BCUT2D eigenvalue weighted by atomic mass is 14.3. The van der Waals surface area contributed by atoms with Crippen LogP contribution in [0.25, 0.3) is 0 Å². The molecule has 0 nitrogen and oxygen atoms in total. The fraction of sp³-hybridized carbons (Fsp3) is 1.00. The Morgan fingerprint density at radius 1 is 0.929 bits per heavy atom. The molecule has 0 aromatic rings. The van der Waals surface area contributed by atoms with Crippen LogP contribution in [0.1, 0.15) is 67.7 Å². The zero-order chi connectivity index (χ0) is 11.4. The van der Waals surface area contributed by atoms with Gasteiger partial charge in [0.05, 0.1) is 0 Å². The van der Waals surface area contributed by atoms with Crippen molar-refractivity contribution < 1.29 is 0 Å². The molecule has 0 aromatic carbocycles. The largest absolute Gasteiger partial charge is 0.0628 e. The molecule has 0 N–H and O–H groups in total. The summed E-state index contributed by atoms with van der Waals surface area (Å²) in [6, 6.07) is 0. The quantitative estimate of drug-likeness (QED) is 0.555. The first kappa shape index (κ1) is 14.0. The van der Waals surface area contributed by atoms with Crippen molar-refractivity contribution in [1.82, 2.24) is 0 Å². The van der Waals surface area contributed by atoms with Crippen molar-refractivity contribution in [3.63, 3.8) is 0 Å². The van der Waals surface area contributed by atoms with Crippen molar-refractivity contribution in [3.05, 3.63) is 0 Å². The smallest absolute Gasteiger partial charge is 0.0331 e. The molecular weight excluding hydrogens is 168 g/mol. The van der Waals surface area contributed by atoms with Crippen LogP contribution in [0.5, 0.6) is 0 Å². The van der Waals surface area contributed by atoms with Gasteiger partial charge in [0.15, 0.2) is 0 Å². The van der Waals surface area contributed by atoms with Gasteiger partial charge in [-0.1, -0.05) is 54.9 Å². The van der Waals surface area contributed by atoms with Gasteiger partial charge in [0.2, 0.25) is 0 Å². The molecule has 1 unspecified atom stereocenters. The highest BCUT2D eigenvalue weighted by Gasteiger charge is 2.22. The molecule has 0 fully saturated rings. The van der Waals surface area contributed by atoms with Crippen LogP contribution >= 0.6 is 0 Å². The second kappa shape index (κ2) is 5.78. The maximum absolute atomic E-state index is 2.40. The average Bonchev–Trinajstić information content (AvgIpc) is 1.99. The molecule has 0 aliphatic rings. The minimum Gasteiger partial charge on any atom is -0.0628 e. The Morgan fingerprint density at radius 3 is 1.79 bits per heavy atom. The van der Waals surface area contributed by atoms with Gasteiger partial charge in [-0.25, -0.2) is 0 Å². The van der Waals surface area contributed by atoms with Crippen molar-refractivity contribution >= 4 is 0 Å². The minimum atomic E-state index is 0.519. The third kappa shape index (κ3) is 5.67. The summed E-state index contributed by atoms with van der Waals surface area (Å²) in [6.07, 6.45) is 4.15. The molecule has 0 aromatic heterocycles. The predicted molar refractivity (Wildman–Crippen MR) is 66.5 cm³/mol. The Balaban J connectivity index is 3.81. The highest BCUT2D eigenvalue weighted by molar-refractivity contribution is 4.73. The van der Waals surface area contributed by atoms with E-state index in [1.54, 1.807) is 0 Å². The Labute approximate surface area is 91.5 Å². The lowest BCUT2D eigenvalue weighted by Crippen LogP contribution is -2.20. The third-order valence-electron chi connectivity index (χ3n) is 3.72. The Hall–Kier alpha value is 0. The van der Waals surface area contributed by atoms with Gasteiger partial charge in [0.25, 0.3) is 0 Å². The molecule has 0 aliphatic carbocycles. The number of hydrogen-bond acceptors (Lipinski definition) is 0. The van der Waals surface area contributed by atoms with Gasteiger partial charge in [0, 0.05) is 0 Å². The molecule has 0 amide bonds. The highest BCUT2D eigenvalue weighted by Crippen LogP contribution is 2.33. The standard InChI is InChI=1S/C14H30/c1-11(2)10-13(5)8-9-14(6,7)12(3)4/h11-13H,8-10H2,1-7H3. The Morgan fingerprint density at radius 2 is 1.43 bits per heavy atom. The van der Waals surface area contributed by atoms with E-state index in [0.29, 0.717) is 5.41 Å². The van der Waals surface area contributed by atoms with Gasteiger partial charge < -0.3 is 0 Å². The number of hydrogen-bond donors (Lipinski definition) is 0. The topological polar surface area (TPSA) is 0 Å². The van der Waals surface area contributed by atoms with Crippen LogP contribution < -0.4 is 0 Å². The summed E-state index contributed by atoms with van der Waals surface area (Å²) in [4.78, 5) is 0. The van der Waals surface area contributed by atoms with E-state index in [1.165, 1.54) is 19.3 Å². The first-order valence-corrected chi connectivity index (χ1v) is 6.25. The lowest BCUT2D eigenvalue weighted by atomic mass is 9.75. The van der Waals surface area contributed by atoms with Crippen LogP contribution in [0.2, 0.25) is 0 Å². The van der Waals surface area contributed by atoms with Gasteiger partial charge in [-0.05, 0) is 36.0 Å². The van der Waals surface area contributed by atoms with Crippen molar-refractivity contribution in [2.45, 2.75) is 67.7 Å². The fourth-order valence-corrected chi connectivity index (χ4v) is 1.83. The molecule has 0 heterocycles. The second-order valence-corrected chi connectivity index (χ2v) is 6.42. The van der Waals surface area contributed by atoms with Gasteiger partial charge in [-0.3, -0.25) is 0 Å². The molecule has 1 atom stereocenters. The number of rotatable bonds is 6. The van der Waals surface area contributed by atoms with Gasteiger partial charge in [-0.2, -0.15) is 0 Å². The molecule has 0 heteroatoms. The van der Waals surface area contributed by atoms with E-state index in [9.17, 15) is 0 Å². The molecule has 0 aliphatic heterocycles. The van der Waals surface area contributed by atoms with Crippen molar-refractivity contribution in [2.75, 3.05) is 0 Å². The van der Waals surface area contributed by atoms with Gasteiger partial charge in [-0.15, -0.1) is 0 Å². The SMILES string of the molecule is CC(C)CC(C)CCC(C)(C)C(C)C. The Kier molecular flexibility index (Phi) is 5.78. The van der Waals surface area contributed by atoms with Crippen molar-refractivity contribution in [3.8, 4) is 0 Å². The lowest BCUT2D eigenvalue weighted by Gasteiger charge is -2.30. The molecule has 0 radical (unpaired) electrons. The second-order valence-electron chi connectivity index (χ2n) is 6.42. The summed E-state index contributed by atoms with van der Waals surface area (Å²) in [5.74, 6) is 2.55. The molecule has 0 spiro atoms. The molecule has 0 saturated carbocycles. The van der Waals surface area contributed by atoms with Crippen LogP contribution in [0.4, 0.5) is 0 Å². The predicted octanol–water partition coefficient (Wildman–Crippen LogP) is 5.13. The molecule has 86 valence electrons. The molecule has 14 heavy (non-hydrogen) atoms. The monoisotopic (exact) mass is 198 g/mol. The van der Waals surface area contributed by atoms with Crippen LogP contribution in [-0.2, 0) is 0 Å². The normalized spacial score (nSPS) is 15.2. The fourth-order valence-electron chi connectivity index (χ4n) is 1.83. The zero-order valence-electron chi connectivity index (χ0n) is 11.4. The molecule has 0 saturated heterocycles. The molecule has 0 rings (SSSR count). The minimum absolute atomic E-state index is 0.519. The average molecular weight is 198 g/mol. The van der Waals surface area contributed by atoms with Crippen molar-refractivity contribution in [2.24, 2.45) is 23.2 Å². The lowest BCUT2D eigenvalue weighted by molar-refractivity contribution is 0.205. The first-order valence-electron chi connectivity index (χ1n) is 6.25. The van der Waals surface area contributed by atoms with E-state index >= 15 is 0 Å². The van der Waals surface area contributed by atoms with E-state index < -0.39 is 0 Å². The van der Waals surface area contributed by atoms with Gasteiger partial charge in [0.1, 0.15) is 0 Å². The maximum Gasteiger partial charge on any atom is -0.0331 e. The van der Waals surface area contributed by atoms with E-state index in [2.05, 4.69) is 48.5 Å². The van der Waals surface area contributed by atoms with E-state index in [1.807, 2.05) is 0 Å². The molecular formula is C14H30. The van der Waals surface area contributed by atoms with Crippen molar-refractivity contribution in [1.29, 1.82) is 0 Å². The first-order chi connectivity index (χ1) is 6.25. The summed E-state index contributed by atoms with van der Waals surface area (Å²) in [5.41, 5.74) is 0.519. The third-order valence-corrected chi connectivity index (χ3v) is 3.72. The van der Waals surface area contributed by atoms with E-state index in [-0.39, 0.29) is 0 Å². The van der Waals surface area contributed by atoms with E-state index in [4.69, 9.17) is 0 Å². The summed E-state index contributed by atoms with van der Waals surface area (Å²) in [7, 11) is 0. The maximum atomic E-state index is 2.40. The molecule has 0 bridgehead atoms. The zero-order valence-corrected chi connectivity index (χ0v) is 11.4. The van der Waals surface area contributed by atoms with E-state index in [0.717, 1.165) is 17.8 Å². The van der Waals surface area contributed by atoms with Crippen LogP contribution in [-0.4, -0.2) is 0 Å².